The predicted octanol–water partition coefficient (Wildman–Crippen LogP) is 2.52. The minimum Gasteiger partial charge on any atom is -0.444 e. The van der Waals surface area contributed by atoms with E-state index >= 15 is 0 Å². The van der Waals surface area contributed by atoms with E-state index < -0.39 is 11.7 Å². The van der Waals surface area contributed by atoms with Gasteiger partial charge in [-0.15, -0.1) is 0 Å². The summed E-state index contributed by atoms with van der Waals surface area (Å²) in [7, 11) is 0. The van der Waals surface area contributed by atoms with Crippen LogP contribution in [0.3, 0.4) is 0 Å². The molecular weight excluding hydrogens is 254 g/mol. The van der Waals surface area contributed by atoms with Gasteiger partial charge in [0.2, 0.25) is 5.78 Å². The van der Waals surface area contributed by atoms with Gasteiger partial charge in [-0.1, -0.05) is 24.1 Å². The first-order chi connectivity index (χ1) is 9.37. The van der Waals surface area contributed by atoms with E-state index in [9.17, 15) is 9.59 Å². The van der Waals surface area contributed by atoms with Crippen LogP contribution >= 0.6 is 0 Å². The second-order valence-electron chi connectivity index (χ2n) is 5.22. The molecule has 4 nitrogen and oxygen atoms in total. The van der Waals surface area contributed by atoms with E-state index in [1.165, 1.54) is 0 Å². The van der Waals surface area contributed by atoms with Crippen molar-refractivity contribution >= 4 is 11.9 Å². The van der Waals surface area contributed by atoms with E-state index in [0.717, 1.165) is 5.56 Å². The summed E-state index contributed by atoms with van der Waals surface area (Å²) in [6.07, 6.45) is -0.361. The number of benzene rings is 1. The van der Waals surface area contributed by atoms with Crippen molar-refractivity contribution in [1.82, 2.24) is 5.32 Å². The molecule has 0 bridgehead atoms. The zero-order valence-corrected chi connectivity index (χ0v) is 12.0. The number of nitrogens with one attached hydrogen (secondary N) is 1. The second-order valence-corrected chi connectivity index (χ2v) is 5.22. The van der Waals surface area contributed by atoms with E-state index in [0.29, 0.717) is 0 Å². The standard InChI is InChI=1S/C16H19NO3/c1-16(2,3)20-15(19)17-12-11-14(18)10-9-13-7-5-4-6-8-13/h4-8H,11-12H2,1-3H3,(H,17,19). The monoisotopic (exact) mass is 273 g/mol. The number of carbonyl (C=O) groups is 2. The lowest BCUT2D eigenvalue weighted by Crippen LogP contribution is -2.33. The third-order valence-electron chi connectivity index (χ3n) is 2.14. The van der Waals surface area contributed by atoms with Crippen LogP contribution in [0.25, 0.3) is 0 Å². The lowest BCUT2D eigenvalue weighted by Gasteiger charge is -2.19. The van der Waals surface area contributed by atoms with Crippen molar-refractivity contribution in [3.63, 3.8) is 0 Å². The van der Waals surface area contributed by atoms with Crippen molar-refractivity contribution in [2.75, 3.05) is 6.54 Å². The summed E-state index contributed by atoms with van der Waals surface area (Å²) >= 11 is 0. The molecule has 0 saturated heterocycles. The molecule has 4 heteroatoms. The third kappa shape index (κ3) is 7.22. The van der Waals surface area contributed by atoms with Crippen LogP contribution in [0, 0.1) is 11.8 Å². The van der Waals surface area contributed by atoms with Crippen LogP contribution in [-0.4, -0.2) is 24.0 Å². The molecule has 1 aromatic rings. The van der Waals surface area contributed by atoms with E-state index in [1.54, 1.807) is 20.8 Å². The fourth-order valence-corrected chi connectivity index (χ4v) is 1.32. The largest absolute Gasteiger partial charge is 0.444 e. The fraction of sp³-hybridized carbons (Fsp3) is 0.375. The summed E-state index contributed by atoms with van der Waals surface area (Å²) in [6.45, 7) is 5.56. The topological polar surface area (TPSA) is 55.4 Å². The number of alkyl carbamates (subject to hydrolysis) is 1. The highest BCUT2D eigenvalue weighted by Crippen LogP contribution is 2.06. The number of carbonyl (C=O) groups excluding carboxylic acids is 2. The molecule has 0 aromatic heterocycles. The summed E-state index contributed by atoms with van der Waals surface area (Å²) in [6, 6.07) is 9.27. The van der Waals surface area contributed by atoms with Crippen LogP contribution in [0.5, 0.6) is 0 Å². The first kappa shape index (κ1) is 15.8. The zero-order valence-electron chi connectivity index (χ0n) is 12.0. The molecule has 0 radical (unpaired) electrons. The maximum Gasteiger partial charge on any atom is 0.407 e. The Balaban J connectivity index is 2.31. The number of hydrogen-bond donors (Lipinski definition) is 1. The van der Waals surface area contributed by atoms with Crippen LogP contribution in [0.4, 0.5) is 4.79 Å². The van der Waals surface area contributed by atoms with Gasteiger partial charge in [0.1, 0.15) is 5.60 Å². The lowest BCUT2D eigenvalue weighted by molar-refractivity contribution is -0.113. The smallest absolute Gasteiger partial charge is 0.407 e. The van der Waals surface area contributed by atoms with Crippen LogP contribution in [0.2, 0.25) is 0 Å². The highest BCUT2D eigenvalue weighted by molar-refractivity contribution is 5.96. The fourth-order valence-electron chi connectivity index (χ4n) is 1.32. The molecule has 0 aliphatic rings. The maximum atomic E-state index is 11.5. The summed E-state index contributed by atoms with van der Waals surface area (Å²) in [4.78, 5) is 22.9. The molecule has 0 atom stereocenters. The van der Waals surface area contributed by atoms with Crippen LogP contribution < -0.4 is 5.32 Å². The molecule has 1 rings (SSSR count). The number of rotatable bonds is 3. The van der Waals surface area contributed by atoms with E-state index in [2.05, 4.69) is 17.2 Å². The third-order valence-corrected chi connectivity index (χ3v) is 2.14. The van der Waals surface area contributed by atoms with Gasteiger partial charge in [-0.25, -0.2) is 4.79 Å². The second kappa shape index (κ2) is 7.34. The van der Waals surface area contributed by atoms with Crippen molar-refractivity contribution in [3.05, 3.63) is 35.9 Å². The molecule has 1 aromatic carbocycles. The van der Waals surface area contributed by atoms with E-state index in [4.69, 9.17) is 4.74 Å². The highest BCUT2D eigenvalue weighted by Gasteiger charge is 2.15. The summed E-state index contributed by atoms with van der Waals surface area (Å²) in [5, 5.41) is 2.52. The Labute approximate surface area is 119 Å². The van der Waals surface area contributed by atoms with Crippen LogP contribution in [0.15, 0.2) is 30.3 Å². The Morgan fingerprint density at radius 2 is 1.85 bits per heavy atom. The molecule has 0 spiro atoms. The summed E-state index contributed by atoms with van der Waals surface area (Å²) in [5.41, 5.74) is 0.252. The minimum atomic E-state index is -0.540. The number of ether oxygens (including phenoxy) is 1. The number of hydrogen-bond acceptors (Lipinski definition) is 3. The molecule has 20 heavy (non-hydrogen) atoms. The van der Waals surface area contributed by atoms with Crippen LogP contribution in [0.1, 0.15) is 32.8 Å². The first-order valence-electron chi connectivity index (χ1n) is 6.43. The number of ketones is 1. The SMILES string of the molecule is CC(C)(C)OC(=O)NCCC(=O)C#Cc1ccccc1. The Hall–Kier alpha value is -2.28. The molecule has 0 unspecified atom stereocenters. The van der Waals surface area contributed by atoms with Crippen molar-refractivity contribution in [1.29, 1.82) is 0 Å². The van der Waals surface area contributed by atoms with Crippen molar-refractivity contribution in [2.24, 2.45) is 0 Å². The Morgan fingerprint density at radius 1 is 1.20 bits per heavy atom. The summed E-state index contributed by atoms with van der Waals surface area (Å²) < 4.78 is 5.05. The normalized spacial score (nSPS) is 10.2. The zero-order chi connectivity index (χ0) is 15.0. The van der Waals surface area contributed by atoms with Gasteiger partial charge in [-0.3, -0.25) is 4.79 Å². The molecule has 0 aliphatic heterocycles. The van der Waals surface area contributed by atoms with Gasteiger partial charge in [0, 0.05) is 18.5 Å². The van der Waals surface area contributed by atoms with E-state index in [-0.39, 0.29) is 18.7 Å². The molecule has 1 amide bonds. The van der Waals surface area contributed by atoms with Crippen LogP contribution in [-0.2, 0) is 9.53 Å². The highest BCUT2D eigenvalue weighted by atomic mass is 16.6. The quantitative estimate of drug-likeness (QED) is 0.861. The molecule has 0 fully saturated rings. The van der Waals surface area contributed by atoms with Gasteiger partial charge in [0.15, 0.2) is 0 Å². The van der Waals surface area contributed by atoms with Gasteiger partial charge in [0.25, 0.3) is 0 Å². The average Bonchev–Trinajstić information content (AvgIpc) is 2.35. The summed E-state index contributed by atoms with van der Waals surface area (Å²) in [5.74, 6) is 5.10. The minimum absolute atomic E-state index is 0.166. The first-order valence-corrected chi connectivity index (χ1v) is 6.43. The number of amides is 1. The van der Waals surface area contributed by atoms with Crippen molar-refractivity contribution in [3.8, 4) is 11.8 Å². The molecule has 0 aliphatic carbocycles. The van der Waals surface area contributed by atoms with Gasteiger partial charge in [0.05, 0.1) is 0 Å². The van der Waals surface area contributed by atoms with Gasteiger partial charge >= 0.3 is 6.09 Å². The molecule has 1 N–H and O–H groups in total. The van der Waals surface area contributed by atoms with Crippen molar-refractivity contribution < 1.29 is 14.3 Å². The van der Waals surface area contributed by atoms with Gasteiger partial charge in [-0.05, 0) is 38.8 Å². The average molecular weight is 273 g/mol. The Kier molecular flexibility index (Phi) is 5.79. The number of Topliss-reactive ketones (excluding diaryl/α,β-unsaturated/α-hetero) is 1. The van der Waals surface area contributed by atoms with Crippen molar-refractivity contribution in [2.45, 2.75) is 32.8 Å². The molecule has 106 valence electrons. The Morgan fingerprint density at radius 3 is 2.45 bits per heavy atom. The molecule has 0 heterocycles. The lowest BCUT2D eigenvalue weighted by atomic mass is 10.2. The van der Waals surface area contributed by atoms with E-state index in [1.807, 2.05) is 30.3 Å². The Bertz CT molecular complexity index is 518. The maximum absolute atomic E-state index is 11.5. The molecular formula is C16H19NO3. The molecule has 0 saturated carbocycles. The van der Waals surface area contributed by atoms with Gasteiger partial charge < -0.3 is 10.1 Å². The predicted molar refractivity (Wildman–Crippen MR) is 77.2 cm³/mol. The van der Waals surface area contributed by atoms with Gasteiger partial charge in [-0.2, -0.15) is 0 Å².